The first-order chi connectivity index (χ1) is 9.20. The van der Waals surface area contributed by atoms with Crippen LogP contribution in [0.25, 0.3) is 0 Å². The molecule has 0 bridgehead atoms. The monoisotopic (exact) mass is 325 g/mol. The van der Waals surface area contributed by atoms with Crippen LogP contribution in [-0.4, -0.2) is 27.3 Å². The van der Waals surface area contributed by atoms with Gasteiger partial charge in [0.2, 0.25) is 0 Å². The predicted octanol–water partition coefficient (Wildman–Crippen LogP) is 3.74. The lowest BCUT2D eigenvalue weighted by Crippen LogP contribution is -2.42. The largest absolute Gasteiger partial charge is 0.294 e. The van der Waals surface area contributed by atoms with Crippen molar-refractivity contribution in [3.8, 4) is 0 Å². The number of piperidine rings is 1. The van der Waals surface area contributed by atoms with E-state index in [9.17, 15) is 0 Å². The number of aromatic nitrogens is 2. The van der Waals surface area contributed by atoms with Crippen molar-refractivity contribution >= 4 is 15.9 Å². The van der Waals surface area contributed by atoms with E-state index in [1.54, 1.807) is 0 Å². The summed E-state index contributed by atoms with van der Waals surface area (Å²) in [6.07, 6.45) is 7.11. The van der Waals surface area contributed by atoms with Gasteiger partial charge in [0.15, 0.2) is 0 Å². The standard InChI is InChI=1S/C15H24BrN3/c1-3-19-14(15(16)11(2)17-19)10-18-9-5-7-12-6-4-8-13(12)18/h12-13H,3-10H2,1-2H3. The third-order valence-corrected chi connectivity index (χ3v) is 5.95. The highest BCUT2D eigenvalue weighted by atomic mass is 79.9. The molecule has 2 fully saturated rings. The van der Waals surface area contributed by atoms with Crippen molar-refractivity contribution in [1.82, 2.24) is 14.7 Å². The summed E-state index contributed by atoms with van der Waals surface area (Å²) in [5.74, 6) is 0.964. The Kier molecular flexibility index (Phi) is 3.99. The van der Waals surface area contributed by atoms with Gasteiger partial charge in [-0.1, -0.05) is 6.42 Å². The molecule has 0 N–H and O–H groups in total. The highest BCUT2D eigenvalue weighted by molar-refractivity contribution is 9.10. The molecule has 0 amide bonds. The number of halogens is 1. The molecule has 1 aliphatic carbocycles. The van der Waals surface area contributed by atoms with Gasteiger partial charge < -0.3 is 0 Å². The van der Waals surface area contributed by atoms with Crippen molar-refractivity contribution in [3.05, 3.63) is 15.9 Å². The van der Waals surface area contributed by atoms with Crippen LogP contribution in [0.3, 0.4) is 0 Å². The lowest BCUT2D eigenvalue weighted by molar-refractivity contribution is 0.102. The quantitative estimate of drug-likeness (QED) is 0.844. The van der Waals surface area contributed by atoms with Gasteiger partial charge in [-0.3, -0.25) is 9.58 Å². The zero-order chi connectivity index (χ0) is 13.4. The average Bonchev–Trinajstić information content (AvgIpc) is 2.99. The van der Waals surface area contributed by atoms with Gasteiger partial charge in [0, 0.05) is 19.1 Å². The number of fused-ring (bicyclic) bond motifs is 1. The van der Waals surface area contributed by atoms with Crippen molar-refractivity contribution in [3.63, 3.8) is 0 Å². The molecule has 3 nitrogen and oxygen atoms in total. The lowest BCUT2D eigenvalue weighted by atomic mass is 9.92. The van der Waals surface area contributed by atoms with E-state index in [-0.39, 0.29) is 0 Å². The minimum absolute atomic E-state index is 0.834. The lowest BCUT2D eigenvalue weighted by Gasteiger charge is -2.37. The van der Waals surface area contributed by atoms with Crippen LogP contribution in [0.15, 0.2) is 4.47 Å². The maximum absolute atomic E-state index is 4.62. The number of rotatable bonds is 3. The van der Waals surface area contributed by atoms with E-state index in [4.69, 9.17) is 0 Å². The fraction of sp³-hybridized carbons (Fsp3) is 0.800. The molecule has 1 aromatic heterocycles. The Labute approximate surface area is 124 Å². The molecule has 0 radical (unpaired) electrons. The third-order valence-electron chi connectivity index (χ3n) is 4.91. The summed E-state index contributed by atoms with van der Waals surface area (Å²) in [7, 11) is 0. The Hall–Kier alpha value is -0.350. The Morgan fingerprint density at radius 2 is 2.05 bits per heavy atom. The van der Waals surface area contributed by atoms with Gasteiger partial charge in [-0.25, -0.2) is 0 Å². The fourth-order valence-corrected chi connectivity index (χ4v) is 4.38. The number of nitrogens with zero attached hydrogens (tertiary/aromatic N) is 3. The molecule has 3 rings (SSSR count). The molecule has 19 heavy (non-hydrogen) atoms. The molecule has 106 valence electrons. The second kappa shape index (κ2) is 5.57. The summed E-state index contributed by atoms with van der Waals surface area (Å²) < 4.78 is 3.38. The van der Waals surface area contributed by atoms with Crippen molar-refractivity contribution in [2.75, 3.05) is 6.54 Å². The van der Waals surface area contributed by atoms with Gasteiger partial charge in [-0.15, -0.1) is 0 Å². The maximum Gasteiger partial charge on any atom is 0.0739 e. The molecule has 1 aromatic rings. The summed E-state index contributed by atoms with van der Waals surface area (Å²) in [6.45, 7) is 7.56. The highest BCUT2D eigenvalue weighted by Crippen LogP contribution is 2.38. The summed E-state index contributed by atoms with van der Waals surface area (Å²) in [6, 6.07) is 0.834. The van der Waals surface area contributed by atoms with Gasteiger partial charge in [0.05, 0.1) is 15.9 Å². The maximum atomic E-state index is 4.62. The van der Waals surface area contributed by atoms with Crippen LogP contribution in [-0.2, 0) is 13.1 Å². The van der Waals surface area contributed by atoms with Crippen molar-refractivity contribution < 1.29 is 0 Å². The highest BCUT2D eigenvalue weighted by Gasteiger charge is 2.35. The van der Waals surface area contributed by atoms with Crippen molar-refractivity contribution in [2.24, 2.45) is 5.92 Å². The Morgan fingerprint density at radius 3 is 2.84 bits per heavy atom. The summed E-state index contributed by atoms with van der Waals surface area (Å²) >= 11 is 3.73. The van der Waals surface area contributed by atoms with Crippen LogP contribution in [0.5, 0.6) is 0 Å². The topological polar surface area (TPSA) is 21.1 Å². The molecular weight excluding hydrogens is 302 g/mol. The van der Waals surface area contributed by atoms with Gasteiger partial charge in [0.1, 0.15) is 0 Å². The van der Waals surface area contributed by atoms with Crippen molar-refractivity contribution in [2.45, 2.75) is 65.1 Å². The second-order valence-electron chi connectivity index (χ2n) is 6.03. The summed E-state index contributed by atoms with van der Waals surface area (Å²) in [5.41, 5.74) is 2.49. The summed E-state index contributed by atoms with van der Waals surface area (Å²) in [4.78, 5) is 2.72. The molecule has 1 saturated carbocycles. The van der Waals surface area contributed by atoms with Crippen LogP contribution < -0.4 is 0 Å². The molecule has 0 spiro atoms. The Bertz CT molecular complexity index is 454. The SMILES string of the molecule is CCn1nc(C)c(Br)c1CN1CCCC2CCCC21. The van der Waals surface area contributed by atoms with Gasteiger partial charge >= 0.3 is 0 Å². The Balaban J connectivity index is 1.80. The first kappa shape index (κ1) is 13.6. The molecule has 2 heterocycles. The van der Waals surface area contributed by atoms with E-state index in [2.05, 4.69) is 44.5 Å². The normalized spacial score (nSPS) is 27.7. The molecule has 1 saturated heterocycles. The average molecular weight is 326 g/mol. The zero-order valence-electron chi connectivity index (χ0n) is 12.0. The number of hydrogen-bond donors (Lipinski definition) is 0. The fourth-order valence-electron chi connectivity index (χ4n) is 3.97. The smallest absolute Gasteiger partial charge is 0.0739 e. The minimum Gasteiger partial charge on any atom is -0.294 e. The zero-order valence-corrected chi connectivity index (χ0v) is 13.6. The first-order valence-corrected chi connectivity index (χ1v) is 8.45. The van der Waals surface area contributed by atoms with Crippen molar-refractivity contribution in [1.29, 1.82) is 0 Å². The van der Waals surface area contributed by atoms with Gasteiger partial charge in [0.25, 0.3) is 0 Å². The molecular formula is C15H24BrN3. The molecule has 4 heteroatoms. The van der Waals surface area contributed by atoms with Gasteiger partial charge in [-0.05, 0) is 67.9 Å². The van der Waals surface area contributed by atoms with Crippen LogP contribution >= 0.6 is 15.9 Å². The van der Waals surface area contributed by atoms with Crippen LogP contribution in [0.2, 0.25) is 0 Å². The number of aryl methyl sites for hydroxylation is 2. The molecule has 0 aromatic carbocycles. The van der Waals surface area contributed by atoms with E-state index >= 15 is 0 Å². The molecule has 1 aliphatic heterocycles. The third kappa shape index (κ3) is 2.49. The van der Waals surface area contributed by atoms with E-state index in [0.717, 1.165) is 30.7 Å². The van der Waals surface area contributed by atoms with Gasteiger partial charge in [-0.2, -0.15) is 5.10 Å². The second-order valence-corrected chi connectivity index (χ2v) is 6.83. The summed E-state index contributed by atoms with van der Waals surface area (Å²) in [5, 5.41) is 4.62. The molecule has 2 unspecified atom stereocenters. The number of hydrogen-bond acceptors (Lipinski definition) is 2. The minimum atomic E-state index is 0.834. The van der Waals surface area contributed by atoms with Crippen LogP contribution in [0.1, 0.15) is 50.4 Å². The molecule has 2 atom stereocenters. The van der Waals surface area contributed by atoms with E-state index in [1.165, 1.54) is 48.8 Å². The number of likely N-dealkylation sites (tertiary alicyclic amines) is 1. The van der Waals surface area contributed by atoms with Crippen LogP contribution in [0.4, 0.5) is 0 Å². The van der Waals surface area contributed by atoms with E-state index in [0.29, 0.717) is 0 Å². The van der Waals surface area contributed by atoms with Crippen LogP contribution in [0, 0.1) is 12.8 Å². The van der Waals surface area contributed by atoms with E-state index < -0.39 is 0 Å². The molecule has 2 aliphatic rings. The predicted molar refractivity (Wildman–Crippen MR) is 81.1 cm³/mol. The van der Waals surface area contributed by atoms with E-state index in [1.807, 2.05) is 0 Å². The first-order valence-electron chi connectivity index (χ1n) is 7.66. The Morgan fingerprint density at radius 1 is 1.26 bits per heavy atom.